The second-order valence-electron chi connectivity index (χ2n) is 5.67. The van der Waals surface area contributed by atoms with Gasteiger partial charge in [-0.1, -0.05) is 43.2 Å². The van der Waals surface area contributed by atoms with Crippen LogP contribution in [0.15, 0.2) is 30.0 Å². The van der Waals surface area contributed by atoms with Crippen LogP contribution in [0.25, 0.3) is 5.57 Å². The molecule has 23 heavy (non-hydrogen) atoms. The van der Waals surface area contributed by atoms with Gasteiger partial charge in [-0.15, -0.1) is 0 Å². The molecule has 0 aromatic heterocycles. The van der Waals surface area contributed by atoms with E-state index in [1.165, 1.54) is 0 Å². The molecule has 0 bridgehead atoms. The average Bonchev–Trinajstić information content (AvgIpc) is 2.75. The highest BCUT2D eigenvalue weighted by atomic mass is 16.5. The summed E-state index contributed by atoms with van der Waals surface area (Å²) >= 11 is 0. The van der Waals surface area contributed by atoms with Crippen LogP contribution in [0.3, 0.4) is 0 Å². The zero-order valence-electron chi connectivity index (χ0n) is 13.7. The van der Waals surface area contributed by atoms with Crippen LogP contribution in [0, 0.1) is 6.92 Å². The predicted octanol–water partition coefficient (Wildman–Crippen LogP) is 2.84. The Kier molecular flexibility index (Phi) is 5.93. The maximum Gasteiger partial charge on any atom is 0.296 e. The number of aliphatic hydroxyl groups is 1. The Labute approximate surface area is 136 Å². The summed E-state index contributed by atoms with van der Waals surface area (Å²) in [5, 5.41) is 10.0. The fourth-order valence-corrected chi connectivity index (χ4v) is 2.42. The third kappa shape index (κ3) is 3.99. The van der Waals surface area contributed by atoms with Gasteiger partial charge in [0.2, 0.25) is 0 Å². The fraction of sp³-hybridized carbons (Fsp3) is 0.444. The van der Waals surface area contributed by atoms with E-state index in [0.29, 0.717) is 25.2 Å². The van der Waals surface area contributed by atoms with Gasteiger partial charge in [-0.2, -0.15) is 0 Å². The van der Waals surface area contributed by atoms with Crippen LogP contribution in [0.4, 0.5) is 0 Å². The molecule has 0 aliphatic carbocycles. The number of carbonyl (C=O) groups is 2. The lowest BCUT2D eigenvalue weighted by Gasteiger charge is -2.14. The van der Waals surface area contributed by atoms with E-state index < -0.39 is 17.6 Å². The van der Waals surface area contributed by atoms with Gasteiger partial charge in [0.1, 0.15) is 0 Å². The second kappa shape index (κ2) is 7.92. The third-order valence-electron chi connectivity index (χ3n) is 3.80. The minimum atomic E-state index is -0.626. The maximum absolute atomic E-state index is 12.4. The van der Waals surface area contributed by atoms with E-state index in [0.717, 1.165) is 23.3 Å². The van der Waals surface area contributed by atoms with E-state index in [1.54, 1.807) is 12.1 Å². The molecular formula is C18H23NO4. The number of benzene rings is 1. The molecular weight excluding hydrogens is 294 g/mol. The van der Waals surface area contributed by atoms with E-state index in [-0.39, 0.29) is 12.1 Å². The zero-order chi connectivity index (χ0) is 16.8. The Hall–Kier alpha value is -2.14. The highest BCUT2D eigenvalue weighted by Crippen LogP contribution is 2.28. The molecule has 5 nitrogen and oxygen atoms in total. The molecule has 0 unspecified atom stereocenters. The summed E-state index contributed by atoms with van der Waals surface area (Å²) in [6.45, 7) is 5.47. The molecule has 0 saturated carbocycles. The second-order valence-corrected chi connectivity index (χ2v) is 5.67. The molecule has 0 spiro atoms. The molecule has 1 aromatic carbocycles. The van der Waals surface area contributed by atoms with Gasteiger partial charge in [-0.05, 0) is 25.3 Å². The lowest BCUT2D eigenvalue weighted by atomic mass is 10.0. The van der Waals surface area contributed by atoms with Crippen LogP contribution in [0.5, 0.6) is 0 Å². The number of nitrogens with zero attached hydrogens (tertiary/aromatic N) is 1. The molecule has 1 N–H and O–H groups in total. The van der Waals surface area contributed by atoms with Crippen molar-refractivity contribution in [3.63, 3.8) is 0 Å². The number of carbonyl (C=O) groups excluding carboxylic acids is 2. The van der Waals surface area contributed by atoms with Gasteiger partial charge in [-0.3, -0.25) is 14.5 Å². The number of aliphatic hydroxyl groups excluding tert-OH is 1. The molecule has 1 heterocycles. The summed E-state index contributed by atoms with van der Waals surface area (Å²) in [5.41, 5.74) is 1.70. The number of unbranched alkanes of at least 4 members (excludes halogenated alkanes) is 1. The molecule has 2 rings (SSSR count). The Morgan fingerprint density at radius 2 is 1.70 bits per heavy atom. The number of hydrogen-bond acceptors (Lipinski definition) is 4. The van der Waals surface area contributed by atoms with Crippen molar-refractivity contribution in [2.45, 2.75) is 33.1 Å². The first-order valence-electron chi connectivity index (χ1n) is 8.00. The number of hydrogen-bond donors (Lipinski definition) is 1. The number of ether oxygens (including phenoxy) is 1. The first-order chi connectivity index (χ1) is 11.1. The fourth-order valence-electron chi connectivity index (χ4n) is 2.42. The molecule has 2 amide bonds. The van der Waals surface area contributed by atoms with E-state index in [2.05, 4.69) is 6.92 Å². The van der Waals surface area contributed by atoms with E-state index in [1.807, 2.05) is 19.1 Å². The lowest BCUT2D eigenvalue weighted by Crippen LogP contribution is -2.33. The Morgan fingerprint density at radius 3 is 2.35 bits per heavy atom. The largest absolute Gasteiger partial charge is 0.502 e. The molecule has 1 aromatic rings. The van der Waals surface area contributed by atoms with E-state index in [9.17, 15) is 14.7 Å². The van der Waals surface area contributed by atoms with Crippen molar-refractivity contribution in [1.82, 2.24) is 4.90 Å². The molecule has 0 atom stereocenters. The van der Waals surface area contributed by atoms with Crippen molar-refractivity contribution < 1.29 is 19.4 Å². The highest BCUT2D eigenvalue weighted by molar-refractivity contribution is 6.34. The molecule has 0 radical (unpaired) electrons. The van der Waals surface area contributed by atoms with Gasteiger partial charge in [0.25, 0.3) is 11.8 Å². The van der Waals surface area contributed by atoms with Crippen LogP contribution >= 0.6 is 0 Å². The Morgan fingerprint density at radius 1 is 1.04 bits per heavy atom. The van der Waals surface area contributed by atoms with E-state index in [4.69, 9.17) is 4.74 Å². The standard InChI is InChI=1S/C18H23NO4/c1-3-4-11-23-12-5-10-19-17(21)15(16(20)18(19)22)14-8-6-13(2)7-9-14/h6-9,20H,3-5,10-12H2,1-2H3. The quantitative estimate of drug-likeness (QED) is 0.591. The number of rotatable bonds is 8. The van der Waals surface area contributed by atoms with E-state index >= 15 is 0 Å². The molecule has 1 aliphatic heterocycles. The summed E-state index contributed by atoms with van der Waals surface area (Å²) < 4.78 is 5.43. The summed E-state index contributed by atoms with van der Waals surface area (Å²) in [5.74, 6) is -1.53. The zero-order valence-corrected chi connectivity index (χ0v) is 13.7. The summed E-state index contributed by atoms with van der Waals surface area (Å²) in [4.78, 5) is 25.6. The van der Waals surface area contributed by atoms with Crippen LogP contribution in [-0.4, -0.2) is 41.6 Å². The van der Waals surface area contributed by atoms with Gasteiger partial charge in [-0.25, -0.2) is 0 Å². The van der Waals surface area contributed by atoms with Gasteiger partial charge in [0.15, 0.2) is 5.76 Å². The first-order valence-corrected chi connectivity index (χ1v) is 8.00. The normalized spacial score (nSPS) is 15.0. The number of amides is 2. The predicted molar refractivity (Wildman–Crippen MR) is 87.8 cm³/mol. The van der Waals surface area contributed by atoms with Gasteiger partial charge >= 0.3 is 0 Å². The number of aryl methyl sites for hydroxylation is 1. The summed E-state index contributed by atoms with van der Waals surface area (Å²) in [7, 11) is 0. The molecule has 0 saturated heterocycles. The molecule has 5 heteroatoms. The molecule has 0 fully saturated rings. The van der Waals surface area contributed by atoms with Crippen molar-refractivity contribution in [2.75, 3.05) is 19.8 Å². The highest BCUT2D eigenvalue weighted by Gasteiger charge is 2.38. The van der Waals surface area contributed by atoms with Crippen LogP contribution < -0.4 is 0 Å². The van der Waals surface area contributed by atoms with Crippen LogP contribution in [0.1, 0.15) is 37.3 Å². The van der Waals surface area contributed by atoms with Crippen molar-refractivity contribution in [2.24, 2.45) is 0 Å². The van der Waals surface area contributed by atoms with Gasteiger partial charge in [0.05, 0.1) is 5.57 Å². The summed E-state index contributed by atoms with van der Waals surface area (Å²) in [6, 6.07) is 7.17. The lowest BCUT2D eigenvalue weighted by molar-refractivity contribution is -0.138. The van der Waals surface area contributed by atoms with Crippen LogP contribution in [-0.2, 0) is 14.3 Å². The molecule has 124 valence electrons. The van der Waals surface area contributed by atoms with Gasteiger partial charge in [0, 0.05) is 19.8 Å². The van der Waals surface area contributed by atoms with Crippen molar-refractivity contribution in [3.8, 4) is 0 Å². The SMILES string of the molecule is CCCCOCCCN1C(=O)C(O)=C(c2ccc(C)cc2)C1=O. The van der Waals surface area contributed by atoms with Gasteiger partial charge < -0.3 is 9.84 Å². The summed E-state index contributed by atoms with van der Waals surface area (Å²) in [6.07, 6.45) is 2.64. The maximum atomic E-state index is 12.4. The van der Waals surface area contributed by atoms with Crippen molar-refractivity contribution >= 4 is 17.4 Å². The minimum absolute atomic E-state index is 0.0851. The van der Waals surface area contributed by atoms with Crippen molar-refractivity contribution in [3.05, 3.63) is 41.2 Å². The smallest absolute Gasteiger partial charge is 0.296 e. The van der Waals surface area contributed by atoms with Crippen molar-refractivity contribution in [1.29, 1.82) is 0 Å². The number of imide groups is 1. The average molecular weight is 317 g/mol. The Balaban J connectivity index is 1.97. The van der Waals surface area contributed by atoms with Crippen LogP contribution in [0.2, 0.25) is 0 Å². The molecule has 1 aliphatic rings. The minimum Gasteiger partial charge on any atom is -0.502 e. The third-order valence-corrected chi connectivity index (χ3v) is 3.80. The topological polar surface area (TPSA) is 66.8 Å². The Bertz CT molecular complexity index is 604. The first kappa shape index (κ1) is 17.2. The monoisotopic (exact) mass is 317 g/mol.